The Morgan fingerprint density at radius 3 is 1.38 bits per heavy atom. The molecule has 0 radical (unpaired) electrons. The van der Waals surface area contributed by atoms with Gasteiger partial charge in [-0.15, -0.1) is 0 Å². The van der Waals surface area contributed by atoms with Crippen LogP contribution in [0.2, 0.25) is 0 Å². The quantitative estimate of drug-likeness (QED) is 0.173. The van der Waals surface area contributed by atoms with E-state index in [0.29, 0.717) is 12.1 Å². The lowest BCUT2D eigenvalue weighted by molar-refractivity contribution is -0.159. The lowest BCUT2D eigenvalue weighted by Crippen LogP contribution is -2.47. The van der Waals surface area contributed by atoms with Gasteiger partial charge in [0, 0.05) is 23.2 Å². The average Bonchev–Trinajstić information content (AvgIpc) is 2.92. The molecule has 0 spiro atoms. The molecular formula is C34H50N2O6. The molecule has 42 heavy (non-hydrogen) atoms. The molecule has 4 N–H and O–H groups in total. The second-order valence-corrected chi connectivity index (χ2v) is 13.0. The first-order valence-corrected chi connectivity index (χ1v) is 15.2. The Balaban J connectivity index is 0.000000730. The minimum atomic E-state index is -1.82. The number of carboxylic acids is 2. The predicted molar refractivity (Wildman–Crippen MR) is 166 cm³/mol. The van der Waals surface area contributed by atoms with Crippen LogP contribution in [0, 0.1) is 0 Å². The fourth-order valence-electron chi connectivity index (χ4n) is 6.42. The SMILES string of the molecule is COc1ccc2c(c1)CC(C)(C)NC2CCCCCCCCC1NC(C)(C)Cc2cc(OC)ccc21.O=C(O)C(=O)O. The summed E-state index contributed by atoms with van der Waals surface area (Å²) in [6, 6.07) is 14.2. The maximum absolute atomic E-state index is 9.10. The summed E-state index contributed by atoms with van der Waals surface area (Å²) >= 11 is 0. The number of benzene rings is 2. The van der Waals surface area contributed by atoms with Crippen molar-refractivity contribution in [3.8, 4) is 11.5 Å². The van der Waals surface area contributed by atoms with Crippen molar-refractivity contribution in [3.05, 3.63) is 58.7 Å². The summed E-state index contributed by atoms with van der Waals surface area (Å²) in [4.78, 5) is 18.2. The van der Waals surface area contributed by atoms with Gasteiger partial charge in [-0.1, -0.05) is 50.7 Å². The number of unbranched alkanes of at least 4 members (excludes halogenated alkanes) is 5. The minimum Gasteiger partial charge on any atom is -0.497 e. The van der Waals surface area contributed by atoms with E-state index in [-0.39, 0.29) is 11.1 Å². The van der Waals surface area contributed by atoms with Crippen molar-refractivity contribution in [1.29, 1.82) is 0 Å². The van der Waals surface area contributed by atoms with Gasteiger partial charge in [0.15, 0.2) is 0 Å². The van der Waals surface area contributed by atoms with Crippen LogP contribution in [0.4, 0.5) is 0 Å². The summed E-state index contributed by atoms with van der Waals surface area (Å²) in [6.07, 6.45) is 12.4. The first kappa shape index (κ1) is 33.4. The van der Waals surface area contributed by atoms with Crippen molar-refractivity contribution in [2.24, 2.45) is 0 Å². The summed E-state index contributed by atoms with van der Waals surface area (Å²) < 4.78 is 11.0. The monoisotopic (exact) mass is 582 g/mol. The molecule has 2 aromatic rings. The van der Waals surface area contributed by atoms with Gasteiger partial charge in [-0.2, -0.15) is 0 Å². The molecule has 2 heterocycles. The molecule has 2 atom stereocenters. The number of nitrogens with one attached hydrogen (secondary N) is 2. The third-order valence-corrected chi connectivity index (χ3v) is 8.26. The van der Waals surface area contributed by atoms with Gasteiger partial charge in [-0.25, -0.2) is 9.59 Å². The van der Waals surface area contributed by atoms with Crippen LogP contribution in [-0.4, -0.2) is 47.4 Å². The molecule has 0 fully saturated rings. The summed E-state index contributed by atoms with van der Waals surface area (Å²) in [7, 11) is 3.52. The number of methoxy groups -OCH3 is 2. The molecule has 0 saturated heterocycles. The lowest BCUT2D eigenvalue weighted by Gasteiger charge is -2.39. The van der Waals surface area contributed by atoms with Crippen LogP contribution in [0.5, 0.6) is 11.5 Å². The summed E-state index contributed by atoms with van der Waals surface area (Å²) in [5.41, 5.74) is 6.10. The third kappa shape index (κ3) is 9.73. The molecule has 0 aliphatic carbocycles. The van der Waals surface area contributed by atoms with E-state index in [1.165, 1.54) is 73.6 Å². The topological polar surface area (TPSA) is 117 Å². The fourth-order valence-corrected chi connectivity index (χ4v) is 6.42. The molecule has 8 nitrogen and oxygen atoms in total. The Morgan fingerprint density at radius 2 is 1.05 bits per heavy atom. The van der Waals surface area contributed by atoms with Crippen molar-refractivity contribution < 1.29 is 29.3 Å². The first-order chi connectivity index (χ1) is 19.8. The molecule has 0 aromatic heterocycles. The highest BCUT2D eigenvalue weighted by Gasteiger charge is 2.32. The number of hydrogen-bond donors (Lipinski definition) is 4. The maximum atomic E-state index is 9.10. The van der Waals surface area contributed by atoms with Gasteiger partial charge in [0.05, 0.1) is 14.2 Å². The average molecular weight is 583 g/mol. The van der Waals surface area contributed by atoms with E-state index in [1.807, 2.05) is 0 Å². The van der Waals surface area contributed by atoms with E-state index in [1.54, 1.807) is 14.2 Å². The molecule has 2 aliphatic rings. The molecule has 4 rings (SSSR count). The van der Waals surface area contributed by atoms with Crippen LogP contribution in [-0.2, 0) is 22.4 Å². The minimum absolute atomic E-state index is 0.134. The van der Waals surface area contributed by atoms with Gasteiger partial charge in [0.25, 0.3) is 0 Å². The highest BCUT2D eigenvalue weighted by molar-refractivity contribution is 6.27. The maximum Gasteiger partial charge on any atom is 0.414 e. The van der Waals surface area contributed by atoms with Crippen molar-refractivity contribution in [1.82, 2.24) is 10.6 Å². The highest BCUT2D eigenvalue weighted by Crippen LogP contribution is 2.36. The van der Waals surface area contributed by atoms with Gasteiger partial charge in [0.1, 0.15) is 11.5 Å². The number of carbonyl (C=O) groups is 2. The number of aliphatic carboxylic acids is 2. The molecule has 232 valence electrons. The largest absolute Gasteiger partial charge is 0.497 e. The second kappa shape index (κ2) is 14.9. The van der Waals surface area contributed by atoms with Gasteiger partial charge in [-0.05, 0) is 99.9 Å². The number of rotatable bonds is 11. The van der Waals surface area contributed by atoms with Crippen LogP contribution >= 0.6 is 0 Å². The zero-order valence-corrected chi connectivity index (χ0v) is 26.2. The van der Waals surface area contributed by atoms with Crippen LogP contribution in [0.25, 0.3) is 0 Å². The van der Waals surface area contributed by atoms with E-state index >= 15 is 0 Å². The molecule has 2 aliphatic heterocycles. The first-order valence-electron chi connectivity index (χ1n) is 15.2. The third-order valence-electron chi connectivity index (χ3n) is 8.26. The van der Waals surface area contributed by atoms with E-state index < -0.39 is 11.9 Å². The number of fused-ring (bicyclic) bond motifs is 2. The van der Waals surface area contributed by atoms with Crippen molar-refractivity contribution in [3.63, 3.8) is 0 Å². The Hall–Kier alpha value is -3.10. The van der Waals surface area contributed by atoms with Gasteiger partial charge >= 0.3 is 11.9 Å². The smallest absolute Gasteiger partial charge is 0.414 e. The van der Waals surface area contributed by atoms with Crippen LogP contribution < -0.4 is 20.1 Å². The van der Waals surface area contributed by atoms with E-state index in [2.05, 4.69) is 74.7 Å². The summed E-state index contributed by atoms with van der Waals surface area (Å²) in [5.74, 6) is -1.70. The molecule has 2 aromatic carbocycles. The Morgan fingerprint density at radius 1 is 0.690 bits per heavy atom. The Kier molecular flexibility index (Phi) is 11.8. The van der Waals surface area contributed by atoms with Gasteiger partial charge in [0.2, 0.25) is 0 Å². The summed E-state index contributed by atoms with van der Waals surface area (Å²) in [5, 5.41) is 22.6. The van der Waals surface area contributed by atoms with Crippen molar-refractivity contribution in [2.75, 3.05) is 14.2 Å². The molecular weight excluding hydrogens is 532 g/mol. The van der Waals surface area contributed by atoms with Crippen molar-refractivity contribution >= 4 is 11.9 Å². The zero-order valence-electron chi connectivity index (χ0n) is 26.2. The van der Waals surface area contributed by atoms with Crippen LogP contribution in [0.1, 0.15) is 113 Å². The summed E-state index contributed by atoms with van der Waals surface area (Å²) in [6.45, 7) is 9.28. The number of carboxylic acid groups (broad SMARTS) is 2. The zero-order chi connectivity index (χ0) is 30.9. The van der Waals surface area contributed by atoms with Gasteiger partial charge < -0.3 is 30.3 Å². The standard InChI is InChI=1S/C32H48N2O2.C2H2O4/c1-31(2)21-23-19-25(35-5)15-17-27(23)29(33-31)13-11-9-7-8-10-12-14-30-28-18-16-26(36-6)20-24(28)22-32(3,4)34-30;3-1(4)2(5)6/h15-20,29-30,33-34H,7-14,21-22H2,1-6H3;(H,3,4)(H,5,6). The molecule has 0 amide bonds. The van der Waals surface area contributed by atoms with Gasteiger partial charge in [-0.3, -0.25) is 0 Å². The molecule has 2 unspecified atom stereocenters. The van der Waals surface area contributed by atoms with E-state index in [0.717, 1.165) is 24.3 Å². The van der Waals surface area contributed by atoms with Crippen molar-refractivity contribution in [2.45, 2.75) is 115 Å². The number of ether oxygens (including phenoxy) is 2. The predicted octanol–water partition coefficient (Wildman–Crippen LogP) is 6.61. The Bertz CT molecular complexity index is 1120. The second-order valence-electron chi connectivity index (χ2n) is 13.0. The Labute approximate surface area is 251 Å². The molecule has 8 heteroatoms. The molecule has 0 bridgehead atoms. The van der Waals surface area contributed by atoms with E-state index in [4.69, 9.17) is 29.3 Å². The van der Waals surface area contributed by atoms with Crippen LogP contribution in [0.3, 0.4) is 0 Å². The highest BCUT2D eigenvalue weighted by atomic mass is 16.5. The molecule has 0 saturated carbocycles. The lowest BCUT2D eigenvalue weighted by atomic mass is 9.82. The van der Waals surface area contributed by atoms with E-state index in [9.17, 15) is 0 Å². The fraction of sp³-hybridized carbons (Fsp3) is 0.588. The number of hydrogen-bond acceptors (Lipinski definition) is 6. The normalized spacial score (nSPS) is 19.9. The van der Waals surface area contributed by atoms with Crippen LogP contribution in [0.15, 0.2) is 36.4 Å².